The maximum absolute atomic E-state index is 5.29. The Kier molecular flexibility index (Phi) is 5.80. The van der Waals surface area contributed by atoms with Gasteiger partial charge in [0.05, 0.1) is 5.69 Å². The molecule has 0 aliphatic heterocycles. The van der Waals surface area contributed by atoms with Gasteiger partial charge in [-0.3, -0.25) is 4.98 Å². The number of rotatable bonds is 7. The summed E-state index contributed by atoms with van der Waals surface area (Å²) < 4.78 is 5.29. The molecule has 0 unspecified atom stereocenters. The molecule has 0 aromatic carbocycles. The van der Waals surface area contributed by atoms with E-state index in [2.05, 4.69) is 16.4 Å². The molecule has 0 radical (unpaired) electrons. The molecule has 3 heteroatoms. The average molecular weight is 262 g/mol. The van der Waals surface area contributed by atoms with Crippen molar-refractivity contribution < 1.29 is 4.74 Å². The molecule has 1 N–H and O–H groups in total. The molecule has 0 saturated heterocycles. The average Bonchev–Trinajstić information content (AvgIpc) is 2.47. The van der Waals surface area contributed by atoms with Crippen molar-refractivity contribution in [1.82, 2.24) is 10.3 Å². The molecule has 0 atom stereocenters. The monoisotopic (exact) mass is 262 g/mol. The number of hydrogen-bond donors (Lipinski definition) is 1. The third kappa shape index (κ3) is 4.59. The Morgan fingerprint density at radius 3 is 2.79 bits per heavy atom. The summed E-state index contributed by atoms with van der Waals surface area (Å²) >= 11 is 0. The maximum Gasteiger partial charge on any atom is 0.0541 e. The number of ether oxygens (including phenoxy) is 1. The van der Waals surface area contributed by atoms with Crippen molar-refractivity contribution in [2.75, 3.05) is 20.3 Å². The summed E-state index contributed by atoms with van der Waals surface area (Å²) in [6.07, 6.45) is 9.85. The molecule has 1 heterocycles. The van der Waals surface area contributed by atoms with Gasteiger partial charge in [0, 0.05) is 33.0 Å². The molecular weight excluding hydrogens is 236 g/mol. The van der Waals surface area contributed by atoms with Gasteiger partial charge in [0.15, 0.2) is 0 Å². The van der Waals surface area contributed by atoms with E-state index in [-0.39, 0.29) is 0 Å². The van der Waals surface area contributed by atoms with Gasteiger partial charge in [0.25, 0.3) is 0 Å². The number of aromatic nitrogens is 1. The van der Waals surface area contributed by atoms with E-state index in [4.69, 9.17) is 4.74 Å². The lowest BCUT2D eigenvalue weighted by Crippen LogP contribution is -2.37. The molecule has 1 saturated carbocycles. The number of methoxy groups -OCH3 is 1. The molecule has 0 spiro atoms. The van der Waals surface area contributed by atoms with Gasteiger partial charge in [-0.05, 0) is 36.8 Å². The Labute approximate surface area is 116 Å². The molecule has 3 nitrogen and oxygen atoms in total. The number of hydrogen-bond acceptors (Lipinski definition) is 3. The van der Waals surface area contributed by atoms with E-state index in [0.29, 0.717) is 5.41 Å². The van der Waals surface area contributed by atoms with Gasteiger partial charge in [0.1, 0.15) is 0 Å². The Morgan fingerprint density at radius 2 is 2.11 bits per heavy atom. The lowest BCUT2D eigenvalue weighted by molar-refractivity contribution is 0.101. The molecule has 2 rings (SSSR count). The van der Waals surface area contributed by atoms with E-state index >= 15 is 0 Å². The second kappa shape index (κ2) is 7.61. The van der Waals surface area contributed by atoms with E-state index in [0.717, 1.165) is 25.4 Å². The molecule has 1 aromatic heterocycles. The van der Waals surface area contributed by atoms with Crippen LogP contribution in [0.1, 0.15) is 44.2 Å². The van der Waals surface area contributed by atoms with Crippen molar-refractivity contribution in [2.24, 2.45) is 5.41 Å². The van der Waals surface area contributed by atoms with Crippen LogP contribution >= 0.6 is 0 Å². The molecule has 19 heavy (non-hydrogen) atoms. The van der Waals surface area contributed by atoms with Gasteiger partial charge < -0.3 is 10.1 Å². The molecule has 1 aromatic rings. The maximum atomic E-state index is 5.29. The molecule has 1 fully saturated rings. The molecule has 1 aliphatic carbocycles. The highest BCUT2D eigenvalue weighted by Gasteiger charge is 2.31. The minimum absolute atomic E-state index is 0.447. The predicted octanol–water partition coefficient (Wildman–Crippen LogP) is 3.16. The van der Waals surface area contributed by atoms with Crippen LogP contribution in [0.15, 0.2) is 24.4 Å². The number of nitrogens with one attached hydrogen (secondary N) is 1. The van der Waals surface area contributed by atoms with Gasteiger partial charge in [-0.15, -0.1) is 0 Å². The summed E-state index contributed by atoms with van der Waals surface area (Å²) in [4.78, 5) is 4.36. The Morgan fingerprint density at radius 1 is 1.26 bits per heavy atom. The Bertz CT molecular complexity index is 347. The summed E-state index contributed by atoms with van der Waals surface area (Å²) in [5, 5.41) is 3.60. The van der Waals surface area contributed by atoms with Crippen LogP contribution in [0.3, 0.4) is 0 Å². The van der Waals surface area contributed by atoms with E-state index in [1.54, 1.807) is 7.11 Å². The largest absolute Gasteiger partial charge is 0.385 e. The number of pyridine rings is 1. The number of nitrogens with zero attached hydrogens (tertiary/aromatic N) is 1. The van der Waals surface area contributed by atoms with Gasteiger partial charge >= 0.3 is 0 Å². The van der Waals surface area contributed by atoms with Crippen molar-refractivity contribution in [3.05, 3.63) is 30.1 Å². The summed E-state index contributed by atoms with van der Waals surface area (Å²) in [5.41, 5.74) is 1.57. The first kappa shape index (κ1) is 14.5. The fraction of sp³-hybridized carbons (Fsp3) is 0.688. The summed E-state index contributed by atoms with van der Waals surface area (Å²) in [6.45, 7) is 2.84. The zero-order valence-corrected chi connectivity index (χ0v) is 12.0. The molecule has 1 aliphatic rings. The van der Waals surface area contributed by atoms with Crippen molar-refractivity contribution >= 4 is 0 Å². The third-order valence-corrected chi connectivity index (χ3v) is 4.28. The molecular formula is C16H26N2O. The highest BCUT2D eigenvalue weighted by molar-refractivity contribution is 5.03. The van der Waals surface area contributed by atoms with Crippen LogP contribution in [0.2, 0.25) is 0 Å². The van der Waals surface area contributed by atoms with Crippen LogP contribution in [0.5, 0.6) is 0 Å². The zero-order chi connectivity index (χ0) is 13.4. The zero-order valence-electron chi connectivity index (χ0n) is 12.0. The quantitative estimate of drug-likeness (QED) is 0.819. The smallest absolute Gasteiger partial charge is 0.0541 e. The van der Waals surface area contributed by atoms with Gasteiger partial charge in [-0.1, -0.05) is 25.3 Å². The van der Waals surface area contributed by atoms with Crippen molar-refractivity contribution in [3.8, 4) is 0 Å². The Balaban J connectivity index is 1.82. The highest BCUT2D eigenvalue weighted by Crippen LogP contribution is 2.38. The fourth-order valence-electron chi connectivity index (χ4n) is 3.09. The van der Waals surface area contributed by atoms with Crippen LogP contribution in [-0.4, -0.2) is 25.2 Å². The van der Waals surface area contributed by atoms with Crippen LogP contribution in [0, 0.1) is 5.41 Å². The van der Waals surface area contributed by atoms with E-state index in [1.807, 2.05) is 18.3 Å². The first-order valence-corrected chi connectivity index (χ1v) is 7.44. The normalized spacial score (nSPS) is 18.4. The first-order valence-electron chi connectivity index (χ1n) is 7.44. The van der Waals surface area contributed by atoms with Crippen LogP contribution in [0.25, 0.3) is 0 Å². The molecule has 106 valence electrons. The van der Waals surface area contributed by atoms with Gasteiger partial charge in [-0.25, -0.2) is 0 Å². The lowest BCUT2D eigenvalue weighted by atomic mass is 9.72. The minimum Gasteiger partial charge on any atom is -0.385 e. The topological polar surface area (TPSA) is 34.1 Å². The molecule has 0 bridgehead atoms. The van der Waals surface area contributed by atoms with Crippen LogP contribution in [-0.2, 0) is 11.3 Å². The van der Waals surface area contributed by atoms with E-state index in [9.17, 15) is 0 Å². The fourth-order valence-corrected chi connectivity index (χ4v) is 3.09. The summed E-state index contributed by atoms with van der Waals surface area (Å²) in [7, 11) is 1.80. The summed E-state index contributed by atoms with van der Waals surface area (Å²) in [6, 6.07) is 6.09. The van der Waals surface area contributed by atoms with Crippen LogP contribution < -0.4 is 5.32 Å². The summed E-state index contributed by atoms with van der Waals surface area (Å²) in [5.74, 6) is 0. The SMILES string of the molecule is COCCC1(CNCc2ccccn2)CCCCC1. The van der Waals surface area contributed by atoms with E-state index < -0.39 is 0 Å². The Hall–Kier alpha value is -0.930. The first-order chi connectivity index (χ1) is 9.35. The van der Waals surface area contributed by atoms with E-state index in [1.165, 1.54) is 38.5 Å². The third-order valence-electron chi connectivity index (χ3n) is 4.28. The van der Waals surface area contributed by atoms with Gasteiger partial charge in [-0.2, -0.15) is 0 Å². The van der Waals surface area contributed by atoms with Crippen molar-refractivity contribution in [3.63, 3.8) is 0 Å². The van der Waals surface area contributed by atoms with Crippen LogP contribution in [0.4, 0.5) is 0 Å². The van der Waals surface area contributed by atoms with Crippen molar-refractivity contribution in [2.45, 2.75) is 45.1 Å². The van der Waals surface area contributed by atoms with Crippen molar-refractivity contribution in [1.29, 1.82) is 0 Å². The molecule has 0 amide bonds. The second-order valence-electron chi connectivity index (χ2n) is 5.73. The van der Waals surface area contributed by atoms with Gasteiger partial charge in [0.2, 0.25) is 0 Å². The second-order valence-corrected chi connectivity index (χ2v) is 5.73. The highest BCUT2D eigenvalue weighted by atomic mass is 16.5. The predicted molar refractivity (Wildman–Crippen MR) is 78.0 cm³/mol. The standard InChI is InChI=1S/C16H26N2O/c1-19-12-10-16(8-4-2-5-9-16)14-17-13-15-7-3-6-11-18-15/h3,6-7,11,17H,2,4-5,8-10,12-14H2,1H3. The minimum atomic E-state index is 0.447. The lowest BCUT2D eigenvalue weighted by Gasteiger charge is -2.37.